The van der Waals surface area contributed by atoms with Gasteiger partial charge in [0.15, 0.2) is 0 Å². The molecule has 0 saturated carbocycles. The highest BCUT2D eigenvalue weighted by atomic mass is 19.1. The lowest BCUT2D eigenvalue weighted by atomic mass is 9.98. The number of hydrogen-bond acceptors (Lipinski definition) is 5. The highest BCUT2D eigenvalue weighted by Crippen LogP contribution is 2.35. The Morgan fingerprint density at radius 2 is 1.79 bits per heavy atom. The summed E-state index contributed by atoms with van der Waals surface area (Å²) in [5, 5.41) is 13.3. The van der Waals surface area contributed by atoms with E-state index in [9.17, 15) is 9.50 Å². The molecule has 0 saturated heterocycles. The third-order valence-corrected chi connectivity index (χ3v) is 7.25. The topological polar surface area (TPSA) is 48.0 Å². The van der Waals surface area contributed by atoms with Gasteiger partial charge in [-0.25, -0.2) is 4.39 Å². The third kappa shape index (κ3) is 7.64. The van der Waals surface area contributed by atoms with E-state index in [4.69, 9.17) is 4.74 Å². The van der Waals surface area contributed by atoms with Gasteiger partial charge in [0.1, 0.15) is 23.9 Å². The number of rotatable bonds is 14. The second-order valence-electron chi connectivity index (χ2n) is 10.1. The summed E-state index contributed by atoms with van der Waals surface area (Å²) in [7, 11) is 0. The van der Waals surface area contributed by atoms with Crippen LogP contribution < -0.4 is 19.9 Å². The molecule has 3 aromatic rings. The molecule has 0 radical (unpaired) electrons. The lowest BCUT2D eigenvalue weighted by Gasteiger charge is -2.35. The molecule has 0 unspecified atom stereocenters. The maximum atomic E-state index is 14.4. The minimum absolute atomic E-state index is 0.229. The van der Waals surface area contributed by atoms with Crippen LogP contribution in [0.25, 0.3) is 0 Å². The molecule has 0 spiro atoms. The maximum Gasteiger partial charge on any atom is 0.125 e. The van der Waals surface area contributed by atoms with E-state index in [-0.39, 0.29) is 5.82 Å². The highest BCUT2D eigenvalue weighted by Gasteiger charge is 2.22. The zero-order chi connectivity index (χ0) is 26.7. The van der Waals surface area contributed by atoms with Crippen molar-refractivity contribution in [2.75, 3.05) is 42.6 Å². The first-order valence-corrected chi connectivity index (χ1v) is 14.1. The molecule has 1 aliphatic rings. The zero-order valence-corrected chi connectivity index (χ0v) is 22.9. The Labute approximate surface area is 227 Å². The standard InChI is InChI=1S/C32H42FN3O2/c1-3-5-6-7-17-34-18-20-38-30-13-8-25(9-14-30)23-35(4-2)32-22-28(33)11-15-31(32)36-19-16-26-21-29(37)12-10-27(26)24-36/h8-15,21-22,34,37H,3-7,16-20,23-24H2,1-2H3. The zero-order valence-electron chi connectivity index (χ0n) is 22.9. The van der Waals surface area contributed by atoms with E-state index in [2.05, 4.69) is 41.1 Å². The Morgan fingerprint density at radius 1 is 0.947 bits per heavy atom. The van der Waals surface area contributed by atoms with Crippen LogP contribution in [0.15, 0.2) is 60.7 Å². The van der Waals surface area contributed by atoms with Crippen molar-refractivity contribution in [3.05, 3.63) is 83.2 Å². The highest BCUT2D eigenvalue weighted by molar-refractivity contribution is 5.72. The Hall–Kier alpha value is -3.25. The number of nitrogens with zero attached hydrogens (tertiary/aromatic N) is 2. The number of hydrogen-bond donors (Lipinski definition) is 2. The van der Waals surface area contributed by atoms with Crippen molar-refractivity contribution in [1.82, 2.24) is 5.32 Å². The van der Waals surface area contributed by atoms with Crippen molar-refractivity contribution in [2.24, 2.45) is 0 Å². The lowest BCUT2D eigenvalue weighted by Crippen LogP contribution is -2.32. The van der Waals surface area contributed by atoms with Gasteiger partial charge in [-0.1, -0.05) is 44.4 Å². The summed E-state index contributed by atoms with van der Waals surface area (Å²) in [5.41, 5.74) is 5.48. The van der Waals surface area contributed by atoms with E-state index in [1.54, 1.807) is 18.2 Å². The first-order chi connectivity index (χ1) is 18.6. The van der Waals surface area contributed by atoms with Gasteiger partial charge in [0.05, 0.1) is 11.4 Å². The van der Waals surface area contributed by atoms with Crippen molar-refractivity contribution in [1.29, 1.82) is 0 Å². The summed E-state index contributed by atoms with van der Waals surface area (Å²) < 4.78 is 20.3. The molecular formula is C32H42FN3O2. The molecule has 6 heteroatoms. The Kier molecular flexibility index (Phi) is 10.3. The Morgan fingerprint density at radius 3 is 2.58 bits per heavy atom. The number of phenols is 1. The monoisotopic (exact) mass is 519 g/mol. The lowest BCUT2D eigenvalue weighted by molar-refractivity contribution is 0.313. The summed E-state index contributed by atoms with van der Waals surface area (Å²) in [4.78, 5) is 4.54. The molecule has 38 heavy (non-hydrogen) atoms. The van der Waals surface area contributed by atoms with E-state index >= 15 is 0 Å². The van der Waals surface area contributed by atoms with E-state index in [1.165, 1.54) is 36.8 Å². The molecule has 0 amide bonds. The summed E-state index contributed by atoms with van der Waals surface area (Å²) in [5.74, 6) is 0.948. The van der Waals surface area contributed by atoms with E-state index < -0.39 is 0 Å². The molecule has 4 rings (SSSR count). The van der Waals surface area contributed by atoms with Crippen molar-refractivity contribution < 1.29 is 14.2 Å². The molecular weight excluding hydrogens is 477 g/mol. The summed E-state index contributed by atoms with van der Waals surface area (Å²) >= 11 is 0. The number of benzene rings is 3. The number of fused-ring (bicyclic) bond motifs is 1. The van der Waals surface area contributed by atoms with E-state index in [1.807, 2.05) is 30.3 Å². The molecule has 1 aliphatic heterocycles. The summed E-state index contributed by atoms with van der Waals surface area (Å²) in [6.45, 7) is 9.90. The minimum Gasteiger partial charge on any atom is -0.508 e. The minimum atomic E-state index is -0.229. The fourth-order valence-corrected chi connectivity index (χ4v) is 5.08. The van der Waals surface area contributed by atoms with Gasteiger partial charge in [0.25, 0.3) is 0 Å². The molecule has 5 nitrogen and oxygen atoms in total. The molecule has 0 bridgehead atoms. The molecule has 1 heterocycles. The SMILES string of the molecule is CCCCCCNCCOc1ccc(CN(CC)c2cc(F)ccc2N2CCc3cc(O)ccc3C2)cc1. The van der Waals surface area contributed by atoms with Gasteiger partial charge in [-0.05, 0) is 85.5 Å². The maximum absolute atomic E-state index is 14.4. The van der Waals surface area contributed by atoms with Gasteiger partial charge in [-0.3, -0.25) is 0 Å². The normalized spacial score (nSPS) is 12.9. The Balaban J connectivity index is 1.36. The van der Waals surface area contributed by atoms with Crippen LogP contribution >= 0.6 is 0 Å². The number of unbranched alkanes of at least 4 members (excludes halogenated alkanes) is 3. The fraction of sp³-hybridized carbons (Fsp3) is 0.438. The van der Waals surface area contributed by atoms with Crippen LogP contribution in [0, 0.1) is 5.82 Å². The molecule has 2 N–H and O–H groups in total. The predicted octanol–water partition coefficient (Wildman–Crippen LogP) is 6.67. The fourth-order valence-electron chi connectivity index (χ4n) is 5.08. The third-order valence-electron chi connectivity index (χ3n) is 7.25. The van der Waals surface area contributed by atoms with E-state index in [0.717, 1.165) is 61.8 Å². The largest absolute Gasteiger partial charge is 0.508 e. The van der Waals surface area contributed by atoms with Gasteiger partial charge >= 0.3 is 0 Å². The van der Waals surface area contributed by atoms with Crippen molar-refractivity contribution in [3.63, 3.8) is 0 Å². The number of ether oxygens (including phenoxy) is 1. The van der Waals surface area contributed by atoms with Crippen LogP contribution in [-0.4, -0.2) is 37.9 Å². The summed E-state index contributed by atoms with van der Waals surface area (Å²) in [6.07, 6.45) is 5.93. The molecule has 204 valence electrons. The predicted molar refractivity (Wildman–Crippen MR) is 155 cm³/mol. The number of anilines is 2. The number of aromatic hydroxyl groups is 1. The second kappa shape index (κ2) is 14.1. The second-order valence-corrected chi connectivity index (χ2v) is 10.1. The average Bonchev–Trinajstić information content (AvgIpc) is 2.93. The van der Waals surface area contributed by atoms with Gasteiger partial charge in [-0.2, -0.15) is 0 Å². The Bertz CT molecular complexity index is 1150. The summed E-state index contributed by atoms with van der Waals surface area (Å²) in [6, 6.07) is 18.9. The number of halogens is 1. The molecule has 0 atom stereocenters. The van der Waals surface area contributed by atoms with E-state index in [0.29, 0.717) is 18.9 Å². The van der Waals surface area contributed by atoms with Crippen molar-refractivity contribution in [3.8, 4) is 11.5 Å². The van der Waals surface area contributed by atoms with Gasteiger partial charge < -0.3 is 25.0 Å². The van der Waals surface area contributed by atoms with Crippen molar-refractivity contribution >= 4 is 11.4 Å². The first kappa shape index (κ1) is 27.8. The molecule has 0 aromatic heterocycles. The number of nitrogens with one attached hydrogen (secondary N) is 1. The smallest absolute Gasteiger partial charge is 0.125 e. The van der Waals surface area contributed by atoms with Crippen LogP contribution in [0.4, 0.5) is 15.8 Å². The molecule has 0 aliphatic carbocycles. The van der Waals surface area contributed by atoms with Crippen LogP contribution in [-0.2, 0) is 19.5 Å². The number of phenolic OH excluding ortho intramolecular Hbond substituents is 1. The van der Waals surface area contributed by atoms with Gasteiger partial charge in [0, 0.05) is 32.7 Å². The van der Waals surface area contributed by atoms with Crippen LogP contribution in [0.3, 0.4) is 0 Å². The molecule has 0 fully saturated rings. The quantitative estimate of drug-likeness (QED) is 0.233. The van der Waals surface area contributed by atoms with Crippen molar-refractivity contribution in [2.45, 2.75) is 59.0 Å². The molecule has 3 aromatic carbocycles. The average molecular weight is 520 g/mol. The first-order valence-electron chi connectivity index (χ1n) is 14.1. The van der Waals surface area contributed by atoms with Crippen LogP contribution in [0.1, 0.15) is 56.2 Å². The van der Waals surface area contributed by atoms with Crippen LogP contribution in [0.5, 0.6) is 11.5 Å². The van der Waals surface area contributed by atoms with Crippen LogP contribution in [0.2, 0.25) is 0 Å². The van der Waals surface area contributed by atoms with Gasteiger partial charge in [0.2, 0.25) is 0 Å². The van der Waals surface area contributed by atoms with Gasteiger partial charge in [-0.15, -0.1) is 0 Å².